The Morgan fingerprint density at radius 1 is 1.32 bits per heavy atom. The molecule has 1 N–H and O–H groups in total. The van der Waals surface area contributed by atoms with Gasteiger partial charge >= 0.3 is 0 Å². The van der Waals surface area contributed by atoms with Gasteiger partial charge in [0.1, 0.15) is 11.5 Å². The predicted molar refractivity (Wildman–Crippen MR) is 82.4 cm³/mol. The summed E-state index contributed by atoms with van der Waals surface area (Å²) in [5, 5.41) is 3.87. The van der Waals surface area contributed by atoms with Crippen LogP contribution in [0.4, 0.5) is 0 Å². The number of nitrogens with one attached hydrogen (secondary N) is 1. The summed E-state index contributed by atoms with van der Waals surface area (Å²) in [7, 11) is 1.54. The van der Waals surface area contributed by atoms with Gasteiger partial charge in [-0.2, -0.15) is 5.10 Å². The van der Waals surface area contributed by atoms with Gasteiger partial charge in [-0.15, -0.1) is 0 Å². The number of aryl methyl sites for hydroxylation is 2. The van der Waals surface area contributed by atoms with Crippen LogP contribution in [-0.4, -0.2) is 25.8 Å². The average Bonchev–Trinajstić information content (AvgIpc) is 2.83. The molecule has 6 nitrogen and oxygen atoms in total. The minimum absolute atomic E-state index is 0.152. The number of amides is 1. The van der Waals surface area contributed by atoms with E-state index in [1.807, 2.05) is 26.0 Å². The Morgan fingerprint density at radius 3 is 2.68 bits per heavy atom. The topological polar surface area (TPSA) is 73.1 Å². The Labute approximate surface area is 128 Å². The second kappa shape index (κ2) is 7.31. The Kier molecular flexibility index (Phi) is 5.19. The molecular weight excluding hydrogens is 284 g/mol. The fourth-order valence-corrected chi connectivity index (χ4v) is 1.87. The normalized spacial score (nSPS) is 10.7. The van der Waals surface area contributed by atoms with Crippen LogP contribution >= 0.6 is 0 Å². The van der Waals surface area contributed by atoms with Crippen molar-refractivity contribution in [1.82, 2.24) is 5.43 Å². The van der Waals surface area contributed by atoms with Crippen LogP contribution < -0.4 is 14.9 Å². The van der Waals surface area contributed by atoms with Crippen molar-refractivity contribution in [3.05, 3.63) is 47.4 Å². The number of benzene rings is 1. The first kappa shape index (κ1) is 15.6. The summed E-state index contributed by atoms with van der Waals surface area (Å²) in [6.45, 7) is 3.53. The van der Waals surface area contributed by atoms with Gasteiger partial charge in [0.2, 0.25) is 0 Å². The lowest BCUT2D eigenvalue weighted by Crippen LogP contribution is -2.24. The molecule has 1 aromatic heterocycles. The van der Waals surface area contributed by atoms with Crippen molar-refractivity contribution in [2.75, 3.05) is 13.7 Å². The number of para-hydroxylation sites is 2. The summed E-state index contributed by atoms with van der Waals surface area (Å²) in [5.74, 6) is 2.26. The maximum Gasteiger partial charge on any atom is 0.277 e. The van der Waals surface area contributed by atoms with Gasteiger partial charge in [0.15, 0.2) is 18.1 Å². The molecule has 1 aromatic carbocycles. The number of hydrogen-bond acceptors (Lipinski definition) is 5. The van der Waals surface area contributed by atoms with Gasteiger partial charge in [0.25, 0.3) is 5.91 Å². The van der Waals surface area contributed by atoms with Crippen LogP contribution in [0.3, 0.4) is 0 Å². The summed E-state index contributed by atoms with van der Waals surface area (Å²) in [6.07, 6.45) is 1.53. The molecule has 0 aliphatic heterocycles. The van der Waals surface area contributed by atoms with Crippen molar-refractivity contribution in [2.24, 2.45) is 5.10 Å². The number of ether oxygens (including phenoxy) is 2. The molecule has 0 saturated carbocycles. The molecule has 0 spiro atoms. The molecule has 0 bridgehead atoms. The minimum Gasteiger partial charge on any atom is -0.493 e. The van der Waals surface area contributed by atoms with Crippen LogP contribution in [0.15, 0.2) is 39.9 Å². The highest BCUT2D eigenvalue weighted by atomic mass is 16.5. The van der Waals surface area contributed by atoms with E-state index in [2.05, 4.69) is 10.5 Å². The molecule has 2 aromatic rings. The Balaban J connectivity index is 1.84. The monoisotopic (exact) mass is 302 g/mol. The lowest BCUT2D eigenvalue weighted by Gasteiger charge is -2.09. The van der Waals surface area contributed by atoms with Crippen LogP contribution in [0, 0.1) is 13.8 Å². The van der Waals surface area contributed by atoms with E-state index in [0.717, 1.165) is 17.1 Å². The van der Waals surface area contributed by atoms with Crippen LogP contribution in [0.1, 0.15) is 17.1 Å². The molecule has 0 aliphatic carbocycles. The third-order valence-electron chi connectivity index (χ3n) is 2.90. The van der Waals surface area contributed by atoms with Crippen molar-refractivity contribution < 1.29 is 18.7 Å². The molecule has 1 heterocycles. The molecule has 22 heavy (non-hydrogen) atoms. The molecular formula is C16H18N2O4. The van der Waals surface area contributed by atoms with Crippen molar-refractivity contribution in [3.8, 4) is 11.5 Å². The Morgan fingerprint density at radius 2 is 2.05 bits per heavy atom. The molecule has 1 amide bonds. The van der Waals surface area contributed by atoms with Crippen molar-refractivity contribution in [1.29, 1.82) is 0 Å². The lowest BCUT2D eigenvalue weighted by molar-refractivity contribution is -0.123. The first-order valence-corrected chi connectivity index (χ1v) is 6.75. The van der Waals surface area contributed by atoms with E-state index in [1.165, 1.54) is 6.21 Å². The maximum absolute atomic E-state index is 11.7. The molecule has 116 valence electrons. The lowest BCUT2D eigenvalue weighted by atomic mass is 10.3. The number of furan rings is 1. The maximum atomic E-state index is 11.7. The SMILES string of the molecule is COc1ccccc1OCC(=O)N/N=C\c1cc(C)oc1C. The molecule has 2 rings (SSSR count). The molecule has 0 fully saturated rings. The zero-order chi connectivity index (χ0) is 15.9. The summed E-state index contributed by atoms with van der Waals surface area (Å²) in [6, 6.07) is 8.96. The second-order valence-electron chi connectivity index (χ2n) is 4.60. The van der Waals surface area contributed by atoms with Crippen molar-refractivity contribution in [3.63, 3.8) is 0 Å². The number of rotatable bonds is 6. The molecule has 0 saturated heterocycles. The van der Waals surface area contributed by atoms with Crippen LogP contribution in [-0.2, 0) is 4.79 Å². The smallest absolute Gasteiger partial charge is 0.277 e. The Bertz CT molecular complexity index is 677. The van der Waals surface area contributed by atoms with E-state index in [-0.39, 0.29) is 12.5 Å². The molecule has 0 atom stereocenters. The summed E-state index contributed by atoms with van der Waals surface area (Å²) >= 11 is 0. The molecule has 6 heteroatoms. The summed E-state index contributed by atoms with van der Waals surface area (Å²) < 4.78 is 15.9. The van der Waals surface area contributed by atoms with Crippen LogP contribution in [0.25, 0.3) is 0 Å². The average molecular weight is 302 g/mol. The van der Waals surface area contributed by atoms with E-state index >= 15 is 0 Å². The second-order valence-corrected chi connectivity index (χ2v) is 4.60. The zero-order valence-electron chi connectivity index (χ0n) is 12.8. The van der Waals surface area contributed by atoms with E-state index in [9.17, 15) is 4.79 Å². The predicted octanol–water partition coefficient (Wildman–Crippen LogP) is 2.43. The fourth-order valence-electron chi connectivity index (χ4n) is 1.87. The standard InChI is InChI=1S/C16H18N2O4/c1-11-8-13(12(2)22-11)9-17-18-16(19)10-21-15-7-5-4-6-14(15)20-3/h4-9H,10H2,1-3H3,(H,18,19)/b17-9-. The minimum atomic E-state index is -0.361. The van der Waals surface area contributed by atoms with E-state index in [4.69, 9.17) is 13.9 Å². The van der Waals surface area contributed by atoms with Crippen molar-refractivity contribution in [2.45, 2.75) is 13.8 Å². The number of carbonyl (C=O) groups is 1. The largest absolute Gasteiger partial charge is 0.493 e. The first-order valence-electron chi connectivity index (χ1n) is 6.75. The summed E-state index contributed by atoms with van der Waals surface area (Å²) in [4.78, 5) is 11.7. The highest BCUT2D eigenvalue weighted by Crippen LogP contribution is 2.25. The molecule has 0 radical (unpaired) electrons. The number of methoxy groups -OCH3 is 1. The third kappa shape index (κ3) is 4.12. The van der Waals surface area contributed by atoms with Gasteiger partial charge in [-0.3, -0.25) is 4.79 Å². The van der Waals surface area contributed by atoms with Gasteiger partial charge in [0, 0.05) is 5.56 Å². The third-order valence-corrected chi connectivity index (χ3v) is 2.90. The van der Waals surface area contributed by atoms with E-state index < -0.39 is 0 Å². The van der Waals surface area contributed by atoms with Gasteiger partial charge in [-0.05, 0) is 32.0 Å². The van der Waals surface area contributed by atoms with Gasteiger partial charge in [-0.25, -0.2) is 5.43 Å². The quantitative estimate of drug-likeness (QED) is 0.657. The van der Waals surface area contributed by atoms with E-state index in [0.29, 0.717) is 11.5 Å². The van der Waals surface area contributed by atoms with Crippen molar-refractivity contribution >= 4 is 12.1 Å². The number of hydrazone groups is 1. The number of hydrogen-bond donors (Lipinski definition) is 1. The molecule has 0 unspecified atom stereocenters. The van der Waals surface area contributed by atoms with E-state index in [1.54, 1.807) is 25.3 Å². The highest BCUT2D eigenvalue weighted by Gasteiger charge is 2.06. The number of nitrogens with zero attached hydrogens (tertiary/aromatic N) is 1. The van der Waals surface area contributed by atoms with Gasteiger partial charge in [-0.1, -0.05) is 12.1 Å². The van der Waals surface area contributed by atoms with Crippen LogP contribution in [0.2, 0.25) is 0 Å². The zero-order valence-corrected chi connectivity index (χ0v) is 12.8. The number of carbonyl (C=O) groups excluding carboxylic acids is 1. The molecule has 0 aliphatic rings. The fraction of sp³-hybridized carbons (Fsp3) is 0.250. The highest BCUT2D eigenvalue weighted by molar-refractivity contribution is 5.83. The van der Waals surface area contributed by atoms with Crippen LogP contribution in [0.5, 0.6) is 11.5 Å². The first-order chi connectivity index (χ1) is 10.6. The summed E-state index contributed by atoms with van der Waals surface area (Å²) in [5.41, 5.74) is 3.22. The van der Waals surface area contributed by atoms with Gasteiger partial charge < -0.3 is 13.9 Å². The van der Waals surface area contributed by atoms with Gasteiger partial charge in [0.05, 0.1) is 13.3 Å². The Hall–Kier alpha value is -2.76.